The van der Waals surface area contributed by atoms with Crippen LogP contribution in [0.5, 0.6) is 0 Å². The summed E-state index contributed by atoms with van der Waals surface area (Å²) in [7, 11) is -3.52. The van der Waals surface area contributed by atoms with Crippen LogP contribution in [0.25, 0.3) is 0 Å². The second-order valence-electron chi connectivity index (χ2n) is 5.24. The van der Waals surface area contributed by atoms with E-state index in [-0.39, 0.29) is 10.7 Å². The minimum Gasteiger partial charge on any atom is -0.281 e. The van der Waals surface area contributed by atoms with Gasteiger partial charge in [-0.2, -0.15) is 5.10 Å². The Morgan fingerprint density at radius 3 is 2.45 bits per heavy atom. The van der Waals surface area contributed by atoms with Gasteiger partial charge in [0, 0.05) is 6.54 Å². The monoisotopic (exact) mass is 325 g/mol. The van der Waals surface area contributed by atoms with Crippen LogP contribution in [-0.4, -0.2) is 25.2 Å². The Morgan fingerprint density at radius 2 is 1.86 bits per heavy atom. The maximum absolute atomic E-state index is 12.8. The first-order valence-electron chi connectivity index (χ1n) is 7.16. The molecule has 0 aliphatic rings. The number of aromatic amines is 1. The van der Waals surface area contributed by atoms with Crippen molar-refractivity contribution in [3.63, 3.8) is 0 Å². The van der Waals surface area contributed by atoms with Crippen LogP contribution in [0.1, 0.15) is 29.8 Å². The number of sulfonamides is 1. The third-order valence-electron chi connectivity index (χ3n) is 3.43. The fraction of sp³-hybridized carbons (Fsp3) is 0.400. The fourth-order valence-electron chi connectivity index (χ4n) is 2.32. The van der Waals surface area contributed by atoms with E-state index in [9.17, 15) is 12.8 Å². The van der Waals surface area contributed by atoms with Crippen molar-refractivity contribution in [1.29, 1.82) is 0 Å². The smallest absolute Gasteiger partial charge is 0.244 e. The van der Waals surface area contributed by atoms with Crippen molar-refractivity contribution in [2.24, 2.45) is 0 Å². The van der Waals surface area contributed by atoms with Crippen LogP contribution in [0.3, 0.4) is 0 Å². The highest BCUT2D eigenvalue weighted by Gasteiger charge is 2.21. The van der Waals surface area contributed by atoms with Gasteiger partial charge in [-0.05, 0) is 50.8 Å². The van der Waals surface area contributed by atoms with Gasteiger partial charge in [0.2, 0.25) is 10.0 Å². The zero-order valence-corrected chi connectivity index (χ0v) is 13.5. The Hall–Kier alpha value is -1.73. The van der Waals surface area contributed by atoms with Crippen molar-refractivity contribution < 1.29 is 12.8 Å². The number of benzene rings is 1. The summed E-state index contributed by atoms with van der Waals surface area (Å²) >= 11 is 0. The highest BCUT2D eigenvalue weighted by atomic mass is 32.2. The molecule has 0 bridgehead atoms. The van der Waals surface area contributed by atoms with Gasteiger partial charge in [0.05, 0.1) is 11.4 Å². The third kappa shape index (κ3) is 4.14. The van der Waals surface area contributed by atoms with Gasteiger partial charge in [-0.25, -0.2) is 17.5 Å². The summed E-state index contributed by atoms with van der Waals surface area (Å²) in [5.74, 6) is -0.248. The van der Waals surface area contributed by atoms with Crippen LogP contribution in [-0.2, 0) is 16.4 Å². The molecule has 0 aliphatic carbocycles. The number of hydrogen-bond donors (Lipinski definition) is 2. The van der Waals surface area contributed by atoms with Crippen molar-refractivity contribution in [2.75, 3.05) is 6.54 Å². The summed E-state index contributed by atoms with van der Waals surface area (Å²) in [6.45, 7) is 3.71. The fourth-order valence-corrected chi connectivity index (χ4v) is 3.76. The van der Waals surface area contributed by atoms with Gasteiger partial charge in [-0.3, -0.25) is 5.10 Å². The molecule has 1 aromatic heterocycles. The molecule has 2 aromatic rings. The van der Waals surface area contributed by atoms with Gasteiger partial charge < -0.3 is 0 Å². The molecule has 0 unspecified atom stereocenters. The van der Waals surface area contributed by atoms with Gasteiger partial charge in [-0.15, -0.1) is 0 Å². The second kappa shape index (κ2) is 7.02. The van der Waals surface area contributed by atoms with Crippen LogP contribution in [0.2, 0.25) is 0 Å². The molecule has 0 saturated carbocycles. The number of H-pyrrole nitrogens is 1. The third-order valence-corrected chi connectivity index (χ3v) is 5.15. The van der Waals surface area contributed by atoms with Crippen molar-refractivity contribution in [3.05, 3.63) is 47.0 Å². The molecular formula is C15H20FN3O2S. The lowest BCUT2D eigenvalue weighted by Crippen LogP contribution is -2.25. The first-order valence-corrected chi connectivity index (χ1v) is 8.64. The van der Waals surface area contributed by atoms with E-state index in [0.29, 0.717) is 24.4 Å². The molecule has 22 heavy (non-hydrogen) atoms. The van der Waals surface area contributed by atoms with Crippen LogP contribution >= 0.6 is 0 Å². The number of nitrogens with one attached hydrogen (secondary N) is 2. The molecule has 1 aromatic carbocycles. The summed E-state index contributed by atoms with van der Waals surface area (Å²) in [6.07, 6.45) is 2.34. The summed E-state index contributed by atoms with van der Waals surface area (Å²) in [5, 5.41) is 6.57. The lowest BCUT2D eigenvalue weighted by molar-refractivity contribution is 0.575. The SMILES string of the molecule is Cc1n[nH]c(C)c1S(=O)(=O)NCCCCc1ccc(F)cc1. The first-order chi connectivity index (χ1) is 10.4. The molecule has 0 aliphatic heterocycles. The van der Waals surface area contributed by atoms with Gasteiger partial charge >= 0.3 is 0 Å². The molecule has 7 heteroatoms. The number of rotatable bonds is 7. The Balaban J connectivity index is 1.80. The lowest BCUT2D eigenvalue weighted by Gasteiger charge is -2.07. The van der Waals surface area contributed by atoms with Gasteiger partial charge in [0.25, 0.3) is 0 Å². The minimum atomic E-state index is -3.52. The molecule has 1 heterocycles. The summed E-state index contributed by atoms with van der Waals surface area (Å²) in [4.78, 5) is 0.228. The molecular weight excluding hydrogens is 305 g/mol. The van der Waals surface area contributed by atoms with E-state index in [2.05, 4.69) is 14.9 Å². The molecule has 120 valence electrons. The molecule has 0 fully saturated rings. The maximum atomic E-state index is 12.8. The van der Waals surface area contributed by atoms with E-state index in [0.717, 1.165) is 18.4 Å². The molecule has 2 N–H and O–H groups in total. The number of aryl methyl sites for hydroxylation is 3. The summed E-state index contributed by atoms with van der Waals surface area (Å²) < 4.78 is 39.8. The zero-order valence-electron chi connectivity index (χ0n) is 12.7. The van der Waals surface area contributed by atoms with E-state index >= 15 is 0 Å². The minimum absolute atomic E-state index is 0.228. The molecule has 2 rings (SSSR count). The number of hydrogen-bond acceptors (Lipinski definition) is 3. The molecule has 0 atom stereocenters. The number of halogens is 1. The average Bonchev–Trinajstić information content (AvgIpc) is 2.80. The van der Waals surface area contributed by atoms with Crippen LogP contribution < -0.4 is 4.72 Å². The second-order valence-corrected chi connectivity index (χ2v) is 6.95. The van der Waals surface area contributed by atoms with Gasteiger partial charge in [-0.1, -0.05) is 12.1 Å². The summed E-state index contributed by atoms with van der Waals surface area (Å²) in [6, 6.07) is 6.36. The van der Waals surface area contributed by atoms with Crippen molar-refractivity contribution in [3.8, 4) is 0 Å². The lowest BCUT2D eigenvalue weighted by atomic mass is 10.1. The van der Waals surface area contributed by atoms with Crippen molar-refractivity contribution in [2.45, 2.75) is 38.0 Å². The standard InChI is InChI=1S/C15H20FN3O2S/c1-11-15(12(2)19-18-11)22(20,21)17-10-4-3-5-13-6-8-14(16)9-7-13/h6-9,17H,3-5,10H2,1-2H3,(H,18,19). The summed E-state index contributed by atoms with van der Waals surface area (Å²) in [5.41, 5.74) is 2.05. The van der Waals surface area contributed by atoms with E-state index < -0.39 is 10.0 Å². The Kier molecular flexibility index (Phi) is 5.31. The molecule has 0 saturated heterocycles. The number of nitrogens with zero attached hydrogens (tertiary/aromatic N) is 1. The first kappa shape index (κ1) is 16.6. The molecule has 0 radical (unpaired) electrons. The number of aromatic nitrogens is 2. The van der Waals surface area contributed by atoms with E-state index in [4.69, 9.17) is 0 Å². The Labute approximate surface area is 130 Å². The number of unbranched alkanes of at least 4 members (excludes halogenated alkanes) is 1. The highest BCUT2D eigenvalue weighted by Crippen LogP contribution is 2.16. The van der Waals surface area contributed by atoms with E-state index in [1.165, 1.54) is 12.1 Å². The average molecular weight is 325 g/mol. The predicted octanol–water partition coefficient (Wildman–Crippen LogP) is 2.47. The van der Waals surface area contributed by atoms with Crippen LogP contribution in [0.15, 0.2) is 29.2 Å². The van der Waals surface area contributed by atoms with E-state index in [1.54, 1.807) is 26.0 Å². The van der Waals surface area contributed by atoms with Crippen molar-refractivity contribution in [1.82, 2.24) is 14.9 Å². The van der Waals surface area contributed by atoms with Gasteiger partial charge in [0.1, 0.15) is 10.7 Å². The highest BCUT2D eigenvalue weighted by molar-refractivity contribution is 7.89. The van der Waals surface area contributed by atoms with Crippen molar-refractivity contribution >= 4 is 10.0 Å². The zero-order chi connectivity index (χ0) is 16.2. The van der Waals surface area contributed by atoms with Gasteiger partial charge in [0.15, 0.2) is 0 Å². The Bertz CT molecular complexity index is 704. The molecule has 5 nitrogen and oxygen atoms in total. The largest absolute Gasteiger partial charge is 0.281 e. The molecule has 0 amide bonds. The quantitative estimate of drug-likeness (QED) is 0.768. The Morgan fingerprint density at radius 1 is 1.18 bits per heavy atom. The topological polar surface area (TPSA) is 74.8 Å². The van der Waals surface area contributed by atoms with E-state index in [1.807, 2.05) is 0 Å². The maximum Gasteiger partial charge on any atom is 0.244 e. The van der Waals surface area contributed by atoms with Crippen LogP contribution in [0.4, 0.5) is 4.39 Å². The van der Waals surface area contributed by atoms with Crippen LogP contribution in [0, 0.1) is 19.7 Å². The predicted molar refractivity (Wildman–Crippen MR) is 82.6 cm³/mol. The molecule has 0 spiro atoms. The normalized spacial score (nSPS) is 11.8.